The van der Waals surface area contributed by atoms with Crippen LogP contribution in [-0.2, 0) is 4.74 Å². The lowest BCUT2D eigenvalue weighted by Gasteiger charge is -2.30. The fraction of sp³-hybridized carbons (Fsp3) is 0.345. The van der Waals surface area contributed by atoms with Crippen LogP contribution in [0.15, 0.2) is 64.6 Å². The molecule has 12 heteroatoms. The molecule has 214 valence electrons. The summed E-state index contributed by atoms with van der Waals surface area (Å²) in [5.41, 5.74) is 0.770. The molecule has 4 aromatic rings. The van der Waals surface area contributed by atoms with Gasteiger partial charge in [0.05, 0.1) is 18.9 Å². The fourth-order valence-corrected chi connectivity index (χ4v) is 5.81. The Morgan fingerprint density at radius 3 is 2.68 bits per heavy atom. The quantitative estimate of drug-likeness (QED) is 0.217. The average Bonchev–Trinajstić information content (AvgIpc) is 3.44. The van der Waals surface area contributed by atoms with Gasteiger partial charge >= 0.3 is 6.09 Å². The molecule has 0 aliphatic carbocycles. The summed E-state index contributed by atoms with van der Waals surface area (Å²) in [5, 5.41) is 3.92. The van der Waals surface area contributed by atoms with E-state index in [1.807, 2.05) is 63.2 Å². The molecule has 0 saturated carbocycles. The van der Waals surface area contributed by atoms with E-state index in [0.29, 0.717) is 35.5 Å². The summed E-state index contributed by atoms with van der Waals surface area (Å²) in [5.74, 6) is 3.44. The number of nitrogens with zero attached hydrogens (tertiary/aromatic N) is 5. The van der Waals surface area contributed by atoms with Gasteiger partial charge in [0.2, 0.25) is 5.13 Å². The SMILES string of the molecule is COc1cccc(Sc2cnc(Nc3nc(C4CCN(C(=O)OC(C)C)CC4)ns3)c(Oc3cccnc3C)c2)c1. The highest BCUT2D eigenvalue weighted by molar-refractivity contribution is 7.99. The Kier molecular flexibility index (Phi) is 9.20. The van der Waals surface area contributed by atoms with Gasteiger partial charge in [-0.3, -0.25) is 4.98 Å². The molecule has 0 unspecified atom stereocenters. The Morgan fingerprint density at radius 2 is 1.93 bits per heavy atom. The summed E-state index contributed by atoms with van der Waals surface area (Å²) in [6, 6.07) is 13.5. The van der Waals surface area contributed by atoms with E-state index >= 15 is 0 Å². The number of ether oxygens (including phenoxy) is 3. The molecule has 0 spiro atoms. The van der Waals surface area contributed by atoms with Gasteiger partial charge in [0.25, 0.3) is 0 Å². The monoisotopic (exact) mass is 592 g/mol. The van der Waals surface area contributed by atoms with E-state index in [1.54, 1.807) is 36.2 Å². The third kappa shape index (κ3) is 7.44. The zero-order chi connectivity index (χ0) is 28.8. The van der Waals surface area contributed by atoms with E-state index in [0.717, 1.165) is 39.9 Å². The maximum atomic E-state index is 12.2. The van der Waals surface area contributed by atoms with Gasteiger partial charge in [0.1, 0.15) is 17.3 Å². The van der Waals surface area contributed by atoms with E-state index in [4.69, 9.17) is 19.2 Å². The van der Waals surface area contributed by atoms with Crippen molar-refractivity contribution in [2.75, 3.05) is 25.5 Å². The summed E-state index contributed by atoms with van der Waals surface area (Å²) < 4.78 is 21.6. The van der Waals surface area contributed by atoms with Crippen LogP contribution < -0.4 is 14.8 Å². The Morgan fingerprint density at radius 1 is 1.10 bits per heavy atom. The summed E-state index contributed by atoms with van der Waals surface area (Å²) >= 11 is 2.84. The van der Waals surface area contributed by atoms with Crippen molar-refractivity contribution in [3.63, 3.8) is 0 Å². The van der Waals surface area contributed by atoms with E-state index in [-0.39, 0.29) is 18.1 Å². The number of methoxy groups -OCH3 is 1. The van der Waals surface area contributed by atoms with Crippen LogP contribution in [0, 0.1) is 6.92 Å². The lowest BCUT2D eigenvalue weighted by molar-refractivity contribution is 0.0689. The predicted molar refractivity (Wildman–Crippen MR) is 159 cm³/mol. The highest BCUT2D eigenvalue weighted by Crippen LogP contribution is 2.38. The Labute approximate surface area is 247 Å². The molecule has 4 heterocycles. The zero-order valence-corrected chi connectivity index (χ0v) is 25.0. The standard InChI is InChI=1S/C29H32N6O4S2/c1-18(2)38-29(36)35-13-10-20(11-14-35)26-32-28(41-34-26)33-27-25(39-24-9-6-12-30-19(24)3)16-23(17-31-27)40-22-8-5-7-21(15-22)37-4/h5-9,12,15-18,20H,10-11,13-14H2,1-4H3,(H,31,32,33,34). The molecule has 1 aromatic carbocycles. The molecular weight excluding hydrogens is 560 g/mol. The maximum Gasteiger partial charge on any atom is 0.410 e. The number of hydrogen-bond donors (Lipinski definition) is 1. The molecule has 1 fully saturated rings. The number of anilines is 2. The van der Waals surface area contributed by atoms with Gasteiger partial charge in [-0.15, -0.1) is 0 Å². The number of nitrogens with one attached hydrogen (secondary N) is 1. The van der Waals surface area contributed by atoms with E-state index in [1.165, 1.54) is 11.5 Å². The van der Waals surface area contributed by atoms with Gasteiger partial charge in [-0.25, -0.2) is 14.8 Å². The van der Waals surface area contributed by atoms with E-state index in [2.05, 4.69) is 19.7 Å². The molecule has 1 N–H and O–H groups in total. The van der Waals surface area contributed by atoms with E-state index in [9.17, 15) is 4.79 Å². The number of carbonyl (C=O) groups is 1. The van der Waals surface area contributed by atoms with Crippen molar-refractivity contribution in [1.82, 2.24) is 24.2 Å². The largest absolute Gasteiger partial charge is 0.497 e. The number of aromatic nitrogens is 4. The van der Waals surface area contributed by atoms with Crippen molar-refractivity contribution >= 4 is 40.3 Å². The molecule has 1 saturated heterocycles. The van der Waals surface area contributed by atoms with Gasteiger partial charge < -0.3 is 24.4 Å². The molecule has 0 atom stereocenters. The zero-order valence-electron chi connectivity index (χ0n) is 23.4. The lowest BCUT2D eigenvalue weighted by atomic mass is 9.96. The fourth-order valence-electron chi connectivity index (χ4n) is 4.30. The van der Waals surface area contributed by atoms with Crippen molar-refractivity contribution in [1.29, 1.82) is 0 Å². The van der Waals surface area contributed by atoms with E-state index < -0.39 is 0 Å². The predicted octanol–water partition coefficient (Wildman–Crippen LogP) is 7.06. The smallest absolute Gasteiger partial charge is 0.410 e. The lowest BCUT2D eigenvalue weighted by Crippen LogP contribution is -2.39. The van der Waals surface area contributed by atoms with Gasteiger partial charge in [-0.1, -0.05) is 17.8 Å². The van der Waals surface area contributed by atoms with Crippen molar-refractivity contribution < 1.29 is 19.0 Å². The molecule has 1 aliphatic rings. The number of piperidine rings is 1. The average molecular weight is 593 g/mol. The molecule has 5 rings (SSSR count). The number of carbonyl (C=O) groups excluding carboxylic acids is 1. The highest BCUT2D eigenvalue weighted by atomic mass is 32.2. The van der Waals surface area contributed by atoms with Crippen LogP contribution >= 0.6 is 23.3 Å². The molecular formula is C29H32N6O4S2. The van der Waals surface area contributed by atoms with Crippen molar-refractivity contribution in [3.8, 4) is 17.2 Å². The topological polar surface area (TPSA) is 112 Å². The number of benzene rings is 1. The molecule has 1 amide bonds. The summed E-state index contributed by atoms with van der Waals surface area (Å²) in [4.78, 5) is 29.7. The van der Waals surface area contributed by atoms with Crippen LogP contribution in [0.3, 0.4) is 0 Å². The van der Waals surface area contributed by atoms with Gasteiger partial charge in [0.15, 0.2) is 11.6 Å². The first kappa shape index (κ1) is 28.6. The second-order valence-corrected chi connectivity index (χ2v) is 11.7. The second kappa shape index (κ2) is 13.2. The molecule has 1 aliphatic heterocycles. The number of rotatable bonds is 9. The Bertz CT molecular complexity index is 1490. The Hall–Kier alpha value is -3.90. The normalized spacial score (nSPS) is 13.7. The number of likely N-dealkylation sites (tertiary alicyclic amines) is 1. The highest BCUT2D eigenvalue weighted by Gasteiger charge is 2.27. The summed E-state index contributed by atoms with van der Waals surface area (Å²) in [6.07, 6.45) is 4.70. The number of hydrogen-bond acceptors (Lipinski definition) is 11. The molecule has 0 bridgehead atoms. The van der Waals surface area contributed by atoms with Crippen LogP contribution in [-0.4, -0.2) is 56.6 Å². The maximum absolute atomic E-state index is 12.2. The van der Waals surface area contributed by atoms with Gasteiger partial charge in [0, 0.05) is 58.8 Å². The molecule has 3 aromatic heterocycles. The molecule has 41 heavy (non-hydrogen) atoms. The van der Waals surface area contributed by atoms with Crippen LogP contribution in [0.5, 0.6) is 17.2 Å². The number of amides is 1. The van der Waals surface area contributed by atoms with Crippen molar-refractivity contribution in [2.24, 2.45) is 0 Å². The van der Waals surface area contributed by atoms with Crippen molar-refractivity contribution in [3.05, 3.63) is 66.4 Å². The first-order valence-electron chi connectivity index (χ1n) is 13.4. The van der Waals surface area contributed by atoms with Crippen LogP contribution in [0.2, 0.25) is 0 Å². The van der Waals surface area contributed by atoms with Crippen molar-refractivity contribution in [2.45, 2.75) is 55.4 Å². The summed E-state index contributed by atoms with van der Waals surface area (Å²) in [6.45, 7) is 6.85. The third-order valence-electron chi connectivity index (χ3n) is 6.40. The number of pyridine rings is 2. The van der Waals surface area contributed by atoms with Gasteiger partial charge in [-0.2, -0.15) is 4.37 Å². The first-order valence-corrected chi connectivity index (χ1v) is 14.9. The molecule has 0 radical (unpaired) electrons. The second-order valence-electron chi connectivity index (χ2n) is 9.76. The number of aryl methyl sites for hydroxylation is 1. The van der Waals surface area contributed by atoms with Gasteiger partial charge in [-0.05, 0) is 63.9 Å². The van der Waals surface area contributed by atoms with Crippen LogP contribution in [0.4, 0.5) is 15.7 Å². The first-order chi connectivity index (χ1) is 19.9. The molecule has 10 nitrogen and oxygen atoms in total. The Balaban J connectivity index is 1.32. The third-order valence-corrected chi connectivity index (χ3v) is 8.00. The summed E-state index contributed by atoms with van der Waals surface area (Å²) in [7, 11) is 1.65. The minimum atomic E-state index is -0.262. The van der Waals surface area contributed by atoms with Crippen LogP contribution in [0.1, 0.15) is 44.1 Å². The minimum Gasteiger partial charge on any atom is -0.497 e. The minimum absolute atomic E-state index is 0.131. The van der Waals surface area contributed by atoms with Crippen LogP contribution in [0.25, 0.3) is 0 Å².